The first-order valence-electron chi connectivity index (χ1n) is 4.78. The minimum Gasteiger partial charge on any atom is -0.350 e. The summed E-state index contributed by atoms with van der Waals surface area (Å²) in [6.07, 6.45) is 2.83. The zero-order chi connectivity index (χ0) is 13.0. The number of aromatic nitrogens is 4. The number of nitrogens with one attached hydrogen (secondary N) is 1. The van der Waals surface area contributed by atoms with Gasteiger partial charge in [0.1, 0.15) is 6.33 Å². The summed E-state index contributed by atoms with van der Waals surface area (Å²) in [5.74, 6) is 0. The number of rotatable bonds is 3. The maximum atomic E-state index is 10.5. The molecule has 0 atom stereocenters. The predicted octanol–water partition coefficient (Wildman–Crippen LogP) is 0.318. The Labute approximate surface area is 106 Å². The van der Waals surface area contributed by atoms with Crippen molar-refractivity contribution >= 4 is 23.8 Å². The molecule has 8 nitrogen and oxygen atoms in total. The van der Waals surface area contributed by atoms with E-state index in [0.29, 0.717) is 16.3 Å². The maximum absolute atomic E-state index is 10.5. The molecule has 0 fully saturated rings. The van der Waals surface area contributed by atoms with Gasteiger partial charge in [0.05, 0.1) is 11.9 Å². The fourth-order valence-electron chi connectivity index (χ4n) is 1.27. The molecule has 0 radical (unpaired) electrons. The molecule has 0 unspecified atom stereocenters. The summed E-state index contributed by atoms with van der Waals surface area (Å²) in [4.78, 5) is 10.5. The summed E-state index contributed by atoms with van der Waals surface area (Å²) in [5.41, 5.74) is 8.28. The summed E-state index contributed by atoms with van der Waals surface area (Å²) in [7, 11) is 0. The van der Waals surface area contributed by atoms with Crippen LogP contribution in [-0.4, -0.2) is 32.5 Å². The number of carbonyl (C=O) groups excluding carboxylic acids is 1. The Hall–Kier alpha value is -2.48. The van der Waals surface area contributed by atoms with Crippen molar-refractivity contribution in [3.63, 3.8) is 0 Å². The van der Waals surface area contributed by atoms with Gasteiger partial charge in [-0.15, -0.1) is 5.10 Å². The highest BCUT2D eigenvalue weighted by atomic mass is 35.5. The molecule has 9 heteroatoms. The average Bonchev–Trinajstić information content (AvgIpc) is 2.82. The maximum Gasteiger partial charge on any atom is 0.332 e. The van der Waals surface area contributed by atoms with Crippen LogP contribution in [0.4, 0.5) is 4.79 Å². The monoisotopic (exact) mass is 265 g/mol. The number of amides is 2. The van der Waals surface area contributed by atoms with E-state index in [-0.39, 0.29) is 0 Å². The number of benzene rings is 1. The van der Waals surface area contributed by atoms with Crippen LogP contribution in [0.1, 0.15) is 5.56 Å². The molecule has 0 saturated heterocycles. The van der Waals surface area contributed by atoms with E-state index in [0.717, 1.165) is 0 Å². The Morgan fingerprint density at radius 1 is 1.56 bits per heavy atom. The van der Waals surface area contributed by atoms with Crippen molar-refractivity contribution in [3.05, 3.63) is 35.1 Å². The van der Waals surface area contributed by atoms with Gasteiger partial charge in [-0.05, 0) is 28.6 Å². The lowest BCUT2D eigenvalue weighted by Crippen LogP contribution is -2.24. The number of nitrogens with zero attached hydrogens (tertiary/aromatic N) is 5. The number of hydrogen-bond donors (Lipinski definition) is 2. The van der Waals surface area contributed by atoms with Crippen LogP contribution in [0, 0.1) is 0 Å². The number of primary amides is 1. The van der Waals surface area contributed by atoms with Gasteiger partial charge < -0.3 is 5.73 Å². The van der Waals surface area contributed by atoms with E-state index >= 15 is 0 Å². The molecule has 0 bridgehead atoms. The van der Waals surface area contributed by atoms with Gasteiger partial charge in [-0.2, -0.15) is 9.78 Å². The standard InChI is InChI=1S/C9H8ClN7O/c10-7-1-2-8(17-5-13-15-16-17)6(3-7)4-12-14-9(11)18/h1-5H,(H3,11,14,18). The van der Waals surface area contributed by atoms with Crippen LogP contribution >= 0.6 is 11.6 Å². The molecule has 2 rings (SSSR count). The third-order valence-electron chi connectivity index (χ3n) is 1.96. The second kappa shape index (κ2) is 5.23. The van der Waals surface area contributed by atoms with Crippen LogP contribution in [0.25, 0.3) is 5.69 Å². The van der Waals surface area contributed by atoms with Crippen LogP contribution in [0.15, 0.2) is 29.6 Å². The summed E-state index contributed by atoms with van der Waals surface area (Å²) in [6.45, 7) is 0. The largest absolute Gasteiger partial charge is 0.350 e. The molecular weight excluding hydrogens is 258 g/mol. The van der Waals surface area contributed by atoms with E-state index in [9.17, 15) is 4.79 Å². The molecule has 2 aromatic rings. The van der Waals surface area contributed by atoms with Gasteiger partial charge in [-0.25, -0.2) is 10.2 Å². The van der Waals surface area contributed by atoms with Crippen molar-refractivity contribution in [2.24, 2.45) is 10.8 Å². The topological polar surface area (TPSA) is 111 Å². The van der Waals surface area contributed by atoms with Gasteiger partial charge >= 0.3 is 6.03 Å². The molecule has 0 aliphatic rings. The zero-order valence-electron chi connectivity index (χ0n) is 8.99. The molecule has 18 heavy (non-hydrogen) atoms. The molecule has 0 aliphatic carbocycles. The van der Waals surface area contributed by atoms with Crippen molar-refractivity contribution in [2.45, 2.75) is 0 Å². The Morgan fingerprint density at radius 2 is 2.39 bits per heavy atom. The fraction of sp³-hybridized carbons (Fsp3) is 0. The van der Waals surface area contributed by atoms with Gasteiger partial charge in [0.15, 0.2) is 0 Å². The molecular formula is C9H8ClN7O. The summed E-state index contributed by atoms with van der Waals surface area (Å²) >= 11 is 5.89. The van der Waals surface area contributed by atoms with E-state index in [1.807, 2.05) is 0 Å². The van der Waals surface area contributed by atoms with Crippen molar-refractivity contribution in [1.82, 2.24) is 25.6 Å². The SMILES string of the molecule is NC(=O)NN=Cc1cc(Cl)ccc1-n1cnnn1. The molecule has 2 amide bonds. The van der Waals surface area contributed by atoms with Crippen LogP contribution in [0.5, 0.6) is 0 Å². The van der Waals surface area contributed by atoms with Crippen LogP contribution < -0.4 is 11.2 Å². The first kappa shape index (κ1) is 12.0. The molecule has 1 heterocycles. The highest BCUT2D eigenvalue weighted by Crippen LogP contribution is 2.17. The van der Waals surface area contributed by atoms with E-state index in [1.54, 1.807) is 18.2 Å². The van der Waals surface area contributed by atoms with E-state index < -0.39 is 6.03 Å². The van der Waals surface area contributed by atoms with Crippen LogP contribution in [-0.2, 0) is 0 Å². The van der Waals surface area contributed by atoms with E-state index in [4.69, 9.17) is 17.3 Å². The highest BCUT2D eigenvalue weighted by Gasteiger charge is 2.05. The molecule has 92 valence electrons. The lowest BCUT2D eigenvalue weighted by molar-refractivity contribution is 0.249. The molecule has 0 saturated carbocycles. The third-order valence-corrected chi connectivity index (χ3v) is 2.20. The molecule has 1 aromatic carbocycles. The van der Waals surface area contributed by atoms with Gasteiger partial charge in [0.2, 0.25) is 0 Å². The van der Waals surface area contributed by atoms with Crippen molar-refractivity contribution in [3.8, 4) is 5.69 Å². The van der Waals surface area contributed by atoms with Gasteiger partial charge in [0, 0.05) is 10.6 Å². The Bertz CT molecular complexity index is 581. The Kier molecular flexibility index (Phi) is 3.49. The number of tetrazole rings is 1. The van der Waals surface area contributed by atoms with E-state index in [1.165, 1.54) is 17.2 Å². The average molecular weight is 266 g/mol. The van der Waals surface area contributed by atoms with Crippen molar-refractivity contribution in [2.75, 3.05) is 0 Å². The van der Waals surface area contributed by atoms with Crippen molar-refractivity contribution in [1.29, 1.82) is 0 Å². The lowest BCUT2D eigenvalue weighted by Gasteiger charge is -2.04. The number of carbonyl (C=O) groups is 1. The first-order chi connectivity index (χ1) is 8.66. The van der Waals surface area contributed by atoms with Gasteiger partial charge in [-0.3, -0.25) is 0 Å². The minimum atomic E-state index is -0.753. The van der Waals surface area contributed by atoms with Crippen LogP contribution in [0.2, 0.25) is 5.02 Å². The van der Waals surface area contributed by atoms with Gasteiger partial charge in [-0.1, -0.05) is 11.6 Å². The summed E-state index contributed by atoms with van der Waals surface area (Å²) < 4.78 is 1.45. The number of halogens is 1. The first-order valence-corrected chi connectivity index (χ1v) is 5.16. The number of hydrogen-bond acceptors (Lipinski definition) is 5. The highest BCUT2D eigenvalue weighted by molar-refractivity contribution is 6.31. The third kappa shape index (κ3) is 2.80. The molecule has 0 spiro atoms. The minimum absolute atomic E-state index is 0.521. The predicted molar refractivity (Wildman–Crippen MR) is 64.5 cm³/mol. The quantitative estimate of drug-likeness (QED) is 0.615. The normalized spacial score (nSPS) is 10.7. The molecule has 0 aliphatic heterocycles. The molecule has 3 N–H and O–H groups in total. The second-order valence-electron chi connectivity index (χ2n) is 3.19. The smallest absolute Gasteiger partial charge is 0.332 e. The summed E-state index contributed by atoms with van der Waals surface area (Å²) in [6, 6.07) is 4.32. The zero-order valence-corrected chi connectivity index (χ0v) is 9.74. The fourth-order valence-corrected chi connectivity index (χ4v) is 1.46. The van der Waals surface area contributed by atoms with Crippen LogP contribution in [0.3, 0.4) is 0 Å². The number of nitrogens with two attached hydrogens (primary N) is 1. The lowest BCUT2D eigenvalue weighted by atomic mass is 10.2. The number of hydrazone groups is 1. The number of urea groups is 1. The Balaban J connectivity index is 2.35. The van der Waals surface area contributed by atoms with Crippen molar-refractivity contribution < 1.29 is 4.79 Å². The Morgan fingerprint density at radius 3 is 3.06 bits per heavy atom. The molecule has 1 aromatic heterocycles. The van der Waals surface area contributed by atoms with E-state index in [2.05, 4.69) is 26.1 Å². The second-order valence-corrected chi connectivity index (χ2v) is 3.63. The summed E-state index contributed by atoms with van der Waals surface area (Å²) in [5, 5.41) is 15.0. The van der Waals surface area contributed by atoms with Gasteiger partial charge in [0.25, 0.3) is 0 Å².